The van der Waals surface area contributed by atoms with Gasteiger partial charge in [-0.2, -0.15) is 5.10 Å². The molecule has 106 valence electrons. The minimum absolute atomic E-state index is 0.184. The van der Waals surface area contributed by atoms with E-state index in [1.165, 1.54) is 5.56 Å². The predicted molar refractivity (Wildman–Crippen MR) is 83.3 cm³/mol. The fourth-order valence-corrected chi connectivity index (χ4v) is 2.98. The van der Waals surface area contributed by atoms with Crippen LogP contribution in [0, 0.1) is 0 Å². The molecule has 2 heterocycles. The average Bonchev–Trinajstić information content (AvgIpc) is 2.98. The van der Waals surface area contributed by atoms with Crippen LogP contribution in [0.5, 0.6) is 5.75 Å². The predicted octanol–water partition coefficient (Wildman–Crippen LogP) is 3.16. The summed E-state index contributed by atoms with van der Waals surface area (Å²) in [6.07, 6.45) is 4.09. The van der Waals surface area contributed by atoms with Crippen molar-refractivity contribution in [1.29, 1.82) is 0 Å². The van der Waals surface area contributed by atoms with Gasteiger partial charge in [0.25, 0.3) is 0 Å². The summed E-state index contributed by atoms with van der Waals surface area (Å²) in [7, 11) is 1.95. The zero-order valence-electron chi connectivity index (χ0n) is 11.7. The Hall–Kier alpha value is -1.49. The molecule has 0 saturated heterocycles. The maximum Gasteiger partial charge on any atom is 0.123 e. The van der Waals surface area contributed by atoms with E-state index >= 15 is 0 Å². The molecule has 0 aliphatic carbocycles. The second kappa shape index (κ2) is 5.48. The highest BCUT2D eigenvalue weighted by atomic mass is 79.9. The monoisotopic (exact) mass is 335 g/mol. The second-order valence-electron chi connectivity index (χ2n) is 5.09. The molecular weight excluding hydrogens is 318 g/mol. The Bertz CT molecular complexity index is 624. The molecule has 0 amide bonds. The SMILES string of the molecule is CCc1nn(C)cc1NCC1Cc2cc(Br)ccc2O1. The fraction of sp³-hybridized carbons (Fsp3) is 0.400. The maximum atomic E-state index is 5.95. The average molecular weight is 336 g/mol. The van der Waals surface area contributed by atoms with Crippen molar-refractivity contribution < 1.29 is 4.74 Å². The Morgan fingerprint density at radius 1 is 1.50 bits per heavy atom. The van der Waals surface area contributed by atoms with Crippen LogP contribution in [0.25, 0.3) is 0 Å². The normalized spacial score (nSPS) is 16.9. The van der Waals surface area contributed by atoms with Gasteiger partial charge in [-0.25, -0.2) is 0 Å². The molecule has 2 aromatic rings. The summed E-state index contributed by atoms with van der Waals surface area (Å²) in [4.78, 5) is 0. The van der Waals surface area contributed by atoms with Gasteiger partial charge < -0.3 is 10.1 Å². The van der Waals surface area contributed by atoms with Crippen molar-refractivity contribution in [2.75, 3.05) is 11.9 Å². The van der Waals surface area contributed by atoms with E-state index in [4.69, 9.17) is 4.74 Å². The van der Waals surface area contributed by atoms with Crippen LogP contribution in [0.1, 0.15) is 18.2 Å². The molecule has 1 N–H and O–H groups in total. The lowest BCUT2D eigenvalue weighted by molar-refractivity contribution is 0.246. The summed E-state index contributed by atoms with van der Waals surface area (Å²) in [5, 5.41) is 7.89. The quantitative estimate of drug-likeness (QED) is 0.932. The lowest BCUT2D eigenvalue weighted by Crippen LogP contribution is -2.24. The maximum absolute atomic E-state index is 5.95. The highest BCUT2D eigenvalue weighted by Gasteiger charge is 2.23. The number of hydrogen-bond donors (Lipinski definition) is 1. The van der Waals surface area contributed by atoms with E-state index in [-0.39, 0.29) is 6.10 Å². The third kappa shape index (κ3) is 2.68. The van der Waals surface area contributed by atoms with Crippen LogP contribution in [-0.2, 0) is 19.9 Å². The summed E-state index contributed by atoms with van der Waals surface area (Å²) in [6.45, 7) is 2.91. The van der Waals surface area contributed by atoms with Crippen molar-refractivity contribution in [3.05, 3.63) is 40.1 Å². The first-order valence-corrected chi connectivity index (χ1v) is 7.66. The minimum Gasteiger partial charge on any atom is -0.488 e. The molecule has 0 fully saturated rings. The molecule has 1 aromatic carbocycles. The van der Waals surface area contributed by atoms with Gasteiger partial charge >= 0.3 is 0 Å². The number of benzene rings is 1. The van der Waals surface area contributed by atoms with Crippen LogP contribution in [0.4, 0.5) is 5.69 Å². The van der Waals surface area contributed by atoms with Gasteiger partial charge in [-0.15, -0.1) is 0 Å². The molecule has 4 nitrogen and oxygen atoms in total. The van der Waals surface area contributed by atoms with E-state index in [9.17, 15) is 0 Å². The molecule has 1 aromatic heterocycles. The van der Waals surface area contributed by atoms with Crippen molar-refractivity contribution in [3.63, 3.8) is 0 Å². The molecule has 1 aliphatic rings. The molecule has 0 radical (unpaired) electrons. The minimum atomic E-state index is 0.184. The first kappa shape index (κ1) is 13.5. The summed E-state index contributed by atoms with van der Waals surface area (Å²) < 4.78 is 8.91. The highest BCUT2D eigenvalue weighted by Crippen LogP contribution is 2.31. The van der Waals surface area contributed by atoms with Gasteiger partial charge in [-0.1, -0.05) is 22.9 Å². The Kier molecular flexibility index (Phi) is 3.70. The molecule has 1 unspecified atom stereocenters. The number of hydrogen-bond acceptors (Lipinski definition) is 3. The first-order valence-electron chi connectivity index (χ1n) is 6.87. The Morgan fingerprint density at radius 2 is 2.35 bits per heavy atom. The molecule has 0 bridgehead atoms. The largest absolute Gasteiger partial charge is 0.488 e. The van der Waals surface area contributed by atoms with Crippen molar-refractivity contribution in [3.8, 4) is 5.75 Å². The number of fused-ring (bicyclic) bond motifs is 1. The highest BCUT2D eigenvalue weighted by molar-refractivity contribution is 9.10. The Labute approximate surface area is 127 Å². The van der Waals surface area contributed by atoms with Crippen molar-refractivity contribution in [2.45, 2.75) is 25.9 Å². The number of halogens is 1. The van der Waals surface area contributed by atoms with E-state index in [0.717, 1.165) is 41.0 Å². The standard InChI is InChI=1S/C15H18BrN3O/c1-3-13-14(9-19(2)18-13)17-8-12-7-10-6-11(16)4-5-15(10)20-12/h4-6,9,12,17H,3,7-8H2,1-2H3. The molecule has 0 saturated carbocycles. The van der Waals surface area contributed by atoms with Gasteiger partial charge in [-0.05, 0) is 30.2 Å². The van der Waals surface area contributed by atoms with Gasteiger partial charge in [-0.3, -0.25) is 4.68 Å². The van der Waals surface area contributed by atoms with Crippen LogP contribution in [0.2, 0.25) is 0 Å². The van der Waals surface area contributed by atoms with E-state index in [1.807, 2.05) is 30.1 Å². The number of anilines is 1. The van der Waals surface area contributed by atoms with Crippen molar-refractivity contribution in [2.24, 2.45) is 7.05 Å². The number of aromatic nitrogens is 2. The molecular formula is C15H18BrN3O. The number of nitrogens with one attached hydrogen (secondary N) is 1. The third-order valence-electron chi connectivity index (χ3n) is 3.52. The van der Waals surface area contributed by atoms with Gasteiger partial charge in [0.1, 0.15) is 11.9 Å². The van der Waals surface area contributed by atoms with Crippen LogP contribution >= 0.6 is 15.9 Å². The summed E-state index contributed by atoms with van der Waals surface area (Å²) in [5.41, 5.74) is 3.48. The first-order chi connectivity index (χ1) is 9.65. The smallest absolute Gasteiger partial charge is 0.123 e. The lowest BCUT2D eigenvalue weighted by Gasteiger charge is -2.12. The molecule has 1 atom stereocenters. The molecule has 20 heavy (non-hydrogen) atoms. The molecule has 1 aliphatic heterocycles. The molecule has 3 rings (SSSR count). The Morgan fingerprint density at radius 3 is 3.15 bits per heavy atom. The van der Waals surface area contributed by atoms with Crippen LogP contribution in [0.15, 0.2) is 28.9 Å². The summed E-state index contributed by atoms with van der Waals surface area (Å²) >= 11 is 3.50. The van der Waals surface area contributed by atoms with Gasteiger partial charge in [0.2, 0.25) is 0 Å². The number of aryl methyl sites for hydroxylation is 2. The third-order valence-corrected chi connectivity index (χ3v) is 4.02. The molecule has 0 spiro atoms. The fourth-order valence-electron chi connectivity index (χ4n) is 2.57. The second-order valence-corrected chi connectivity index (χ2v) is 6.01. The van der Waals surface area contributed by atoms with Crippen molar-refractivity contribution >= 4 is 21.6 Å². The number of ether oxygens (including phenoxy) is 1. The summed E-state index contributed by atoms with van der Waals surface area (Å²) in [5.74, 6) is 1.00. The van der Waals surface area contributed by atoms with E-state index in [0.29, 0.717) is 0 Å². The van der Waals surface area contributed by atoms with E-state index in [1.54, 1.807) is 0 Å². The van der Waals surface area contributed by atoms with Crippen LogP contribution in [-0.4, -0.2) is 22.4 Å². The lowest BCUT2D eigenvalue weighted by atomic mass is 10.1. The number of rotatable bonds is 4. The molecule has 5 heteroatoms. The Balaban J connectivity index is 1.63. The number of nitrogens with zero attached hydrogens (tertiary/aromatic N) is 2. The van der Waals surface area contributed by atoms with Crippen LogP contribution in [0.3, 0.4) is 0 Å². The summed E-state index contributed by atoms with van der Waals surface area (Å²) in [6, 6.07) is 6.18. The van der Waals surface area contributed by atoms with Crippen LogP contribution < -0.4 is 10.1 Å². The zero-order chi connectivity index (χ0) is 14.1. The van der Waals surface area contributed by atoms with Gasteiger partial charge in [0, 0.05) is 24.1 Å². The van der Waals surface area contributed by atoms with E-state index in [2.05, 4.69) is 39.3 Å². The topological polar surface area (TPSA) is 39.1 Å². The van der Waals surface area contributed by atoms with Gasteiger partial charge in [0.05, 0.1) is 17.9 Å². The van der Waals surface area contributed by atoms with E-state index < -0.39 is 0 Å². The van der Waals surface area contributed by atoms with Crippen molar-refractivity contribution in [1.82, 2.24) is 9.78 Å². The zero-order valence-corrected chi connectivity index (χ0v) is 13.3. The van der Waals surface area contributed by atoms with Gasteiger partial charge in [0.15, 0.2) is 0 Å².